The van der Waals surface area contributed by atoms with E-state index in [4.69, 9.17) is 4.99 Å². The highest BCUT2D eigenvalue weighted by atomic mass is 127. The average Bonchev–Trinajstić information content (AvgIpc) is 2.77. The van der Waals surface area contributed by atoms with Gasteiger partial charge in [0, 0.05) is 63.9 Å². The van der Waals surface area contributed by atoms with E-state index in [2.05, 4.69) is 90.4 Å². The van der Waals surface area contributed by atoms with E-state index in [1.165, 1.54) is 5.56 Å². The number of likely N-dealkylation sites (N-methyl/N-ethyl adjacent to an activating group) is 1. The number of nitrogens with one attached hydrogen (secondary N) is 2. The average molecular weight is 571 g/mol. The highest BCUT2D eigenvalue weighted by Crippen LogP contribution is 2.20. The lowest BCUT2D eigenvalue weighted by Crippen LogP contribution is -2.53. The zero-order valence-electron chi connectivity index (χ0n) is 21.5. The van der Waals surface area contributed by atoms with Gasteiger partial charge in [0.05, 0.1) is 6.54 Å². The number of halogens is 1. The van der Waals surface area contributed by atoms with E-state index in [-0.39, 0.29) is 24.0 Å². The second kappa shape index (κ2) is 14.5. The van der Waals surface area contributed by atoms with Gasteiger partial charge in [-0.15, -0.1) is 24.0 Å². The van der Waals surface area contributed by atoms with Crippen molar-refractivity contribution in [1.29, 1.82) is 0 Å². The first kappa shape index (κ1) is 28.3. The smallest absolute Gasteiger partial charge is 0.191 e. The normalized spacial score (nSPS) is 24.4. The van der Waals surface area contributed by atoms with E-state index < -0.39 is 0 Å². The number of piperidine rings is 1. The maximum absolute atomic E-state index is 5.06. The highest BCUT2D eigenvalue weighted by molar-refractivity contribution is 14.0. The van der Waals surface area contributed by atoms with Crippen LogP contribution in [0.15, 0.2) is 35.3 Å². The summed E-state index contributed by atoms with van der Waals surface area (Å²) in [5, 5.41) is 7.26. The summed E-state index contributed by atoms with van der Waals surface area (Å²) in [6, 6.07) is 12.4. The van der Waals surface area contributed by atoms with Crippen LogP contribution < -0.4 is 10.6 Å². The molecule has 0 amide bonds. The van der Waals surface area contributed by atoms with Gasteiger partial charge in [0.2, 0.25) is 0 Å². The van der Waals surface area contributed by atoms with Crippen LogP contribution in [-0.4, -0.2) is 91.6 Å². The Morgan fingerprint density at radius 1 is 1.09 bits per heavy atom. The minimum atomic E-state index is 0. The third kappa shape index (κ3) is 9.00. The number of guanidine groups is 1. The van der Waals surface area contributed by atoms with Gasteiger partial charge in [-0.25, -0.2) is 0 Å². The largest absolute Gasteiger partial charge is 0.357 e. The quantitative estimate of drug-likeness (QED) is 0.285. The predicted molar refractivity (Wildman–Crippen MR) is 152 cm³/mol. The van der Waals surface area contributed by atoms with Crippen LogP contribution in [0.2, 0.25) is 0 Å². The molecular weight excluding hydrogens is 523 g/mol. The summed E-state index contributed by atoms with van der Waals surface area (Å²) in [7, 11) is 2.22. The van der Waals surface area contributed by atoms with Crippen molar-refractivity contribution in [2.24, 2.45) is 10.9 Å². The molecule has 2 saturated heterocycles. The van der Waals surface area contributed by atoms with Gasteiger partial charge in [-0.1, -0.05) is 44.2 Å². The molecule has 0 spiro atoms. The topological polar surface area (TPSA) is 46.1 Å². The van der Waals surface area contributed by atoms with Crippen molar-refractivity contribution in [2.75, 3.05) is 52.9 Å². The summed E-state index contributed by atoms with van der Waals surface area (Å²) >= 11 is 0. The second-order valence-corrected chi connectivity index (χ2v) is 10.0. The van der Waals surface area contributed by atoms with Crippen molar-refractivity contribution in [3.8, 4) is 0 Å². The molecule has 7 heteroatoms. The van der Waals surface area contributed by atoms with Gasteiger partial charge in [-0.2, -0.15) is 0 Å². The molecule has 188 valence electrons. The predicted octanol–water partition coefficient (Wildman–Crippen LogP) is 3.48. The molecule has 33 heavy (non-hydrogen) atoms. The Kier molecular flexibility index (Phi) is 12.4. The van der Waals surface area contributed by atoms with Crippen LogP contribution in [0.4, 0.5) is 0 Å². The summed E-state index contributed by atoms with van der Waals surface area (Å²) in [5.74, 6) is 1.59. The molecule has 2 heterocycles. The minimum Gasteiger partial charge on any atom is -0.357 e. The first-order chi connectivity index (χ1) is 15.5. The van der Waals surface area contributed by atoms with E-state index >= 15 is 0 Å². The third-order valence-corrected chi connectivity index (χ3v) is 7.14. The molecule has 1 aromatic rings. The SMILES string of the molecule is CCNC(=NCC(C(C)C)N1CCN(C)CC1)NC1CCN(Cc2ccccc2)C(C)C1.I. The Labute approximate surface area is 219 Å². The van der Waals surface area contributed by atoms with Crippen LogP contribution in [0.1, 0.15) is 46.1 Å². The summed E-state index contributed by atoms with van der Waals surface area (Å²) in [6.45, 7) is 17.7. The number of benzene rings is 1. The molecule has 0 radical (unpaired) electrons. The van der Waals surface area contributed by atoms with Crippen LogP contribution in [0.3, 0.4) is 0 Å². The highest BCUT2D eigenvalue weighted by Gasteiger charge is 2.27. The van der Waals surface area contributed by atoms with Gasteiger partial charge in [-0.05, 0) is 45.2 Å². The number of hydrogen-bond donors (Lipinski definition) is 2. The van der Waals surface area contributed by atoms with Gasteiger partial charge < -0.3 is 15.5 Å². The summed E-state index contributed by atoms with van der Waals surface area (Å²) < 4.78 is 0. The Balaban J connectivity index is 0.00000385. The lowest BCUT2D eigenvalue weighted by molar-refractivity contribution is 0.0924. The number of hydrogen-bond acceptors (Lipinski definition) is 4. The van der Waals surface area contributed by atoms with Gasteiger partial charge in [-0.3, -0.25) is 14.8 Å². The van der Waals surface area contributed by atoms with Crippen molar-refractivity contribution >= 4 is 29.9 Å². The van der Waals surface area contributed by atoms with E-state index in [0.717, 1.165) is 71.2 Å². The van der Waals surface area contributed by atoms with E-state index in [9.17, 15) is 0 Å². The molecule has 3 rings (SSSR count). The number of likely N-dealkylation sites (tertiary alicyclic amines) is 1. The van der Waals surface area contributed by atoms with E-state index in [0.29, 0.717) is 24.0 Å². The molecule has 2 fully saturated rings. The fraction of sp³-hybridized carbons (Fsp3) is 0.731. The fourth-order valence-electron chi connectivity index (χ4n) is 5.00. The maximum atomic E-state index is 5.06. The van der Waals surface area contributed by atoms with Crippen LogP contribution >= 0.6 is 24.0 Å². The number of piperazine rings is 1. The van der Waals surface area contributed by atoms with Crippen molar-refractivity contribution in [2.45, 2.75) is 65.2 Å². The van der Waals surface area contributed by atoms with Gasteiger partial charge in [0.25, 0.3) is 0 Å². The van der Waals surface area contributed by atoms with Crippen molar-refractivity contribution < 1.29 is 0 Å². The first-order valence-electron chi connectivity index (χ1n) is 12.7. The number of nitrogens with zero attached hydrogens (tertiary/aromatic N) is 4. The molecule has 3 unspecified atom stereocenters. The Morgan fingerprint density at radius 2 is 1.79 bits per heavy atom. The van der Waals surface area contributed by atoms with Crippen LogP contribution in [0.5, 0.6) is 0 Å². The Bertz CT molecular complexity index is 689. The second-order valence-electron chi connectivity index (χ2n) is 10.0. The summed E-state index contributed by atoms with van der Waals surface area (Å²) in [6.07, 6.45) is 2.32. The zero-order valence-corrected chi connectivity index (χ0v) is 23.8. The van der Waals surface area contributed by atoms with E-state index in [1.54, 1.807) is 0 Å². The minimum absolute atomic E-state index is 0. The monoisotopic (exact) mass is 570 g/mol. The van der Waals surface area contributed by atoms with Gasteiger partial charge in [0.15, 0.2) is 5.96 Å². The fourth-order valence-corrected chi connectivity index (χ4v) is 5.00. The lowest BCUT2D eigenvalue weighted by Gasteiger charge is -2.39. The molecule has 3 atom stereocenters. The third-order valence-electron chi connectivity index (χ3n) is 7.14. The first-order valence-corrected chi connectivity index (χ1v) is 12.7. The molecule has 0 saturated carbocycles. The molecule has 2 N–H and O–H groups in total. The number of aliphatic imine (C=N–C) groups is 1. The van der Waals surface area contributed by atoms with Crippen LogP contribution in [0.25, 0.3) is 0 Å². The zero-order chi connectivity index (χ0) is 22.9. The van der Waals surface area contributed by atoms with Gasteiger partial charge >= 0.3 is 0 Å². The molecule has 1 aromatic carbocycles. The molecule has 2 aliphatic rings. The van der Waals surface area contributed by atoms with Gasteiger partial charge in [0.1, 0.15) is 0 Å². The summed E-state index contributed by atoms with van der Waals surface area (Å²) in [5.41, 5.74) is 1.41. The Morgan fingerprint density at radius 3 is 2.39 bits per heavy atom. The number of rotatable bonds is 8. The molecule has 0 aromatic heterocycles. The molecule has 0 aliphatic carbocycles. The lowest BCUT2D eigenvalue weighted by atomic mass is 9.97. The molecule has 0 bridgehead atoms. The maximum Gasteiger partial charge on any atom is 0.191 e. The molecule has 2 aliphatic heterocycles. The van der Waals surface area contributed by atoms with Crippen molar-refractivity contribution in [3.63, 3.8) is 0 Å². The van der Waals surface area contributed by atoms with E-state index in [1.807, 2.05) is 0 Å². The molecule has 6 nitrogen and oxygen atoms in total. The van der Waals surface area contributed by atoms with Crippen molar-refractivity contribution in [3.05, 3.63) is 35.9 Å². The van der Waals surface area contributed by atoms with Crippen LogP contribution in [-0.2, 0) is 6.54 Å². The molecular formula is C26H47IN6. The van der Waals surface area contributed by atoms with Crippen LogP contribution in [0, 0.1) is 5.92 Å². The standard InChI is InChI=1S/C26H46N6.HI/c1-6-27-26(28-19-25(21(2)3)31-16-14-30(5)15-17-31)29-24-12-13-32(22(4)18-24)20-23-10-8-7-9-11-23;/h7-11,21-22,24-25H,6,12-20H2,1-5H3,(H2,27,28,29);1H. The Hall–Kier alpha value is -0.900. The summed E-state index contributed by atoms with van der Waals surface area (Å²) in [4.78, 5) is 12.7. The van der Waals surface area contributed by atoms with Crippen molar-refractivity contribution in [1.82, 2.24) is 25.3 Å².